The quantitative estimate of drug-likeness (QED) is 0.288. The van der Waals surface area contributed by atoms with Crippen molar-refractivity contribution in [3.63, 3.8) is 0 Å². The lowest BCUT2D eigenvalue weighted by atomic mass is 10.6. The Morgan fingerprint density at radius 1 is 1.56 bits per heavy atom. The fourth-order valence-electron chi connectivity index (χ4n) is 0.197. The third-order valence-electron chi connectivity index (χ3n) is 0.913. The van der Waals surface area contributed by atoms with Crippen LogP contribution in [0.4, 0.5) is 0 Å². The van der Waals surface area contributed by atoms with Gasteiger partial charge in [0.25, 0.3) is 0 Å². The molecule has 0 rings (SSSR count). The molecule has 3 nitrogen and oxygen atoms in total. The summed E-state index contributed by atoms with van der Waals surface area (Å²) in [6.07, 6.45) is 0. The fourth-order valence-corrected chi connectivity index (χ4v) is 0.197. The Bertz CT molecular complexity index is 152. The van der Waals surface area contributed by atoms with E-state index < -0.39 is 0 Å². The molecule has 0 fully saturated rings. The molecule has 50 valence electrons. The van der Waals surface area contributed by atoms with Crippen molar-refractivity contribution >= 4 is 11.7 Å². The highest BCUT2D eigenvalue weighted by Crippen LogP contribution is 1.80. The second kappa shape index (κ2) is 3.87. The lowest BCUT2D eigenvalue weighted by molar-refractivity contribution is 0.615. The molecule has 0 atom stereocenters. The monoisotopic (exact) mass is 125 g/mol. The van der Waals surface area contributed by atoms with E-state index in [1.165, 1.54) is 0 Å². The Morgan fingerprint density at radius 2 is 2.11 bits per heavy atom. The third kappa shape index (κ3) is 3.50. The normalized spacial score (nSPS) is 10.3. The van der Waals surface area contributed by atoms with Crippen molar-refractivity contribution in [2.75, 3.05) is 14.1 Å². The van der Waals surface area contributed by atoms with Crippen LogP contribution in [0.3, 0.4) is 0 Å². The van der Waals surface area contributed by atoms with Gasteiger partial charge >= 0.3 is 0 Å². The molecule has 0 aliphatic heterocycles. The summed E-state index contributed by atoms with van der Waals surface area (Å²) in [4.78, 5) is 1.86. The molecule has 0 N–H and O–H groups in total. The first kappa shape index (κ1) is 7.92. The molecule has 0 saturated carbocycles. The van der Waals surface area contributed by atoms with E-state index in [1.807, 2.05) is 25.9 Å². The van der Waals surface area contributed by atoms with Crippen LogP contribution in [0.1, 0.15) is 6.92 Å². The number of hydrogen-bond acceptors (Lipinski definition) is 2. The zero-order valence-electron chi connectivity index (χ0n) is 6.05. The first-order valence-corrected chi connectivity index (χ1v) is 2.62. The van der Waals surface area contributed by atoms with Crippen LogP contribution in [0.5, 0.6) is 0 Å². The average molecular weight is 125 g/mol. The maximum absolute atomic E-state index is 3.74. The molecule has 0 aliphatic rings. The number of amidine groups is 1. The Hall–Kier alpha value is -1.08. The minimum absolute atomic E-state index is 0.839. The highest BCUT2D eigenvalue weighted by Gasteiger charge is 1.88. The fraction of sp³-hybridized carbons (Fsp3) is 0.500. The molecule has 9 heavy (non-hydrogen) atoms. The van der Waals surface area contributed by atoms with Gasteiger partial charge < -0.3 is 4.90 Å². The van der Waals surface area contributed by atoms with E-state index >= 15 is 0 Å². The summed E-state index contributed by atoms with van der Waals surface area (Å²) in [6.45, 7) is 5.14. The maximum Gasteiger partial charge on any atom is 0.124 e. The average Bonchev–Trinajstić information content (AvgIpc) is 1.82. The van der Waals surface area contributed by atoms with Crippen LogP contribution >= 0.6 is 0 Å². The molecule has 0 saturated heterocycles. The van der Waals surface area contributed by atoms with Crippen molar-refractivity contribution in [1.29, 1.82) is 0 Å². The van der Waals surface area contributed by atoms with Gasteiger partial charge in [-0.2, -0.15) is 0 Å². The molecule has 0 aromatic carbocycles. The highest BCUT2D eigenvalue weighted by molar-refractivity contribution is 5.79. The van der Waals surface area contributed by atoms with E-state index in [0.29, 0.717) is 0 Å². The van der Waals surface area contributed by atoms with Gasteiger partial charge in [-0.15, -0.1) is 10.2 Å². The molecule has 0 aromatic rings. The molecule has 0 bridgehead atoms. The van der Waals surface area contributed by atoms with E-state index in [-0.39, 0.29) is 0 Å². The van der Waals surface area contributed by atoms with Crippen LogP contribution in [0.2, 0.25) is 0 Å². The standard InChI is InChI=1S/C6H11N3/c1-5-7-8-6(2)9(3)4/h1H2,2-4H3/b8-6-. The van der Waals surface area contributed by atoms with Crippen LogP contribution in [-0.4, -0.2) is 30.7 Å². The molecule has 0 aromatic heterocycles. The Morgan fingerprint density at radius 3 is 2.44 bits per heavy atom. The summed E-state index contributed by atoms with van der Waals surface area (Å²) in [5.41, 5.74) is 0. The second-order valence-corrected chi connectivity index (χ2v) is 1.80. The van der Waals surface area contributed by atoms with Crippen molar-refractivity contribution in [2.45, 2.75) is 6.92 Å². The Balaban J connectivity index is 3.99. The van der Waals surface area contributed by atoms with E-state index in [4.69, 9.17) is 0 Å². The van der Waals surface area contributed by atoms with E-state index in [2.05, 4.69) is 22.7 Å². The smallest absolute Gasteiger partial charge is 0.124 e. The summed E-state index contributed by atoms with van der Waals surface area (Å²) >= 11 is 0. The zero-order chi connectivity index (χ0) is 7.28. The van der Waals surface area contributed by atoms with Gasteiger partial charge in [0.15, 0.2) is 0 Å². The second-order valence-electron chi connectivity index (χ2n) is 1.80. The predicted molar refractivity (Wildman–Crippen MR) is 39.9 cm³/mol. The largest absolute Gasteiger partial charge is 0.365 e. The van der Waals surface area contributed by atoms with Gasteiger partial charge in [-0.25, -0.2) is 0 Å². The van der Waals surface area contributed by atoms with Gasteiger partial charge in [-0.1, -0.05) is 0 Å². The van der Waals surface area contributed by atoms with Crippen LogP contribution in [0, 0.1) is 0 Å². The van der Waals surface area contributed by atoms with Crippen LogP contribution in [0.15, 0.2) is 16.8 Å². The molecule has 3 heteroatoms. The van der Waals surface area contributed by atoms with Crippen molar-refractivity contribution in [3.05, 3.63) is 6.58 Å². The van der Waals surface area contributed by atoms with E-state index in [0.717, 1.165) is 5.84 Å². The summed E-state index contributed by atoms with van der Waals surface area (Å²) in [5, 5.41) is 7.21. The summed E-state index contributed by atoms with van der Waals surface area (Å²) in [5.74, 6) is 3.15. The minimum Gasteiger partial charge on any atom is -0.365 e. The van der Waals surface area contributed by atoms with Crippen LogP contribution in [0.25, 0.3) is 0 Å². The number of rotatable bonds is 1. The predicted octanol–water partition coefficient (Wildman–Crippen LogP) is 0.737. The van der Waals surface area contributed by atoms with Gasteiger partial charge in [0.2, 0.25) is 0 Å². The molecule has 0 amide bonds. The van der Waals surface area contributed by atoms with Gasteiger partial charge in [-0.3, -0.25) is 0 Å². The van der Waals surface area contributed by atoms with E-state index in [9.17, 15) is 0 Å². The maximum atomic E-state index is 3.74. The summed E-state index contributed by atoms with van der Waals surface area (Å²) < 4.78 is 0. The van der Waals surface area contributed by atoms with Gasteiger partial charge in [0.05, 0.1) is 0 Å². The summed E-state index contributed by atoms with van der Waals surface area (Å²) in [7, 11) is 3.80. The van der Waals surface area contributed by atoms with Crippen molar-refractivity contribution in [1.82, 2.24) is 4.90 Å². The lowest BCUT2D eigenvalue weighted by Gasteiger charge is -2.07. The third-order valence-corrected chi connectivity index (χ3v) is 0.913. The SMILES string of the molecule is C=C=N/N=C(/C)N(C)C. The molecule has 0 aliphatic carbocycles. The molecule has 0 heterocycles. The molecule has 0 radical (unpaired) electrons. The topological polar surface area (TPSA) is 28.0 Å². The van der Waals surface area contributed by atoms with Crippen molar-refractivity contribution in [2.24, 2.45) is 10.2 Å². The van der Waals surface area contributed by atoms with Crippen molar-refractivity contribution < 1.29 is 0 Å². The van der Waals surface area contributed by atoms with Gasteiger partial charge in [0, 0.05) is 20.0 Å². The number of hydrogen-bond donors (Lipinski definition) is 0. The first-order chi connectivity index (χ1) is 4.18. The highest BCUT2D eigenvalue weighted by atomic mass is 15.3. The molecule has 0 spiro atoms. The van der Waals surface area contributed by atoms with Crippen LogP contribution < -0.4 is 0 Å². The van der Waals surface area contributed by atoms with Crippen LogP contribution in [-0.2, 0) is 0 Å². The zero-order valence-corrected chi connectivity index (χ0v) is 6.05. The van der Waals surface area contributed by atoms with Gasteiger partial charge in [0.1, 0.15) is 5.84 Å². The number of nitrogens with zero attached hydrogens (tertiary/aromatic N) is 3. The molecular formula is C6H11N3. The minimum atomic E-state index is 0.839. The lowest BCUT2D eigenvalue weighted by Crippen LogP contribution is -2.17. The molecule has 0 unspecified atom stereocenters. The van der Waals surface area contributed by atoms with E-state index in [1.54, 1.807) is 0 Å². The Labute approximate surface area is 55.4 Å². The van der Waals surface area contributed by atoms with Gasteiger partial charge in [-0.05, 0) is 13.5 Å². The molecular weight excluding hydrogens is 114 g/mol. The summed E-state index contributed by atoms with van der Waals surface area (Å²) in [6, 6.07) is 0. The van der Waals surface area contributed by atoms with Crippen molar-refractivity contribution in [3.8, 4) is 0 Å². The Kier molecular flexibility index (Phi) is 3.40. The first-order valence-electron chi connectivity index (χ1n) is 2.62.